The molecule has 0 fully saturated rings. The minimum atomic E-state index is -1.07. The van der Waals surface area contributed by atoms with E-state index in [-0.39, 0.29) is 16.8 Å². The molecule has 0 aliphatic heterocycles. The summed E-state index contributed by atoms with van der Waals surface area (Å²) in [5.74, 6) is -1.72. The van der Waals surface area contributed by atoms with Crippen molar-refractivity contribution in [2.75, 3.05) is 10.8 Å². The van der Waals surface area contributed by atoms with Crippen molar-refractivity contribution < 1.29 is 23.9 Å². The lowest BCUT2D eigenvalue weighted by atomic mass is 10.1. The number of rotatable bonds is 6. The van der Waals surface area contributed by atoms with Crippen LogP contribution in [-0.4, -0.2) is 17.0 Å². The van der Waals surface area contributed by atoms with Gasteiger partial charge < -0.3 is 15.3 Å². The van der Waals surface area contributed by atoms with Crippen LogP contribution >= 0.6 is 11.6 Å². The molecule has 3 N–H and O–H groups in total. The summed E-state index contributed by atoms with van der Waals surface area (Å²) in [5, 5.41) is 12.1. The Balaban J connectivity index is 1.75. The second kappa shape index (κ2) is 8.41. The standard InChI is InChI=1S/C20H14ClFN2O4/c21-13-3-8-16(9-4-13)28-24-18-11-14(22)5-10-17(18)19(25)23-15-6-1-12(2-7-15)20(26)27/h1-11,24H,(H,23,25)(H,26,27). The molecule has 0 saturated heterocycles. The molecule has 0 saturated carbocycles. The molecule has 28 heavy (non-hydrogen) atoms. The number of carboxylic acid groups (broad SMARTS) is 1. The monoisotopic (exact) mass is 400 g/mol. The summed E-state index contributed by atoms with van der Waals surface area (Å²) in [6, 6.07) is 15.7. The van der Waals surface area contributed by atoms with Crippen LogP contribution in [0.4, 0.5) is 15.8 Å². The van der Waals surface area contributed by atoms with Gasteiger partial charge in [-0.2, -0.15) is 0 Å². The van der Waals surface area contributed by atoms with Crippen LogP contribution in [0.15, 0.2) is 66.7 Å². The third kappa shape index (κ3) is 4.77. The minimum Gasteiger partial charge on any atom is -0.478 e. The van der Waals surface area contributed by atoms with Crippen molar-refractivity contribution in [3.63, 3.8) is 0 Å². The lowest BCUT2D eigenvalue weighted by molar-refractivity contribution is 0.0696. The normalized spacial score (nSPS) is 10.2. The van der Waals surface area contributed by atoms with Crippen molar-refractivity contribution in [1.82, 2.24) is 0 Å². The van der Waals surface area contributed by atoms with Gasteiger partial charge in [-0.3, -0.25) is 4.79 Å². The number of carbonyl (C=O) groups is 2. The Kier molecular flexibility index (Phi) is 5.76. The van der Waals surface area contributed by atoms with Crippen molar-refractivity contribution in [2.24, 2.45) is 0 Å². The highest BCUT2D eigenvalue weighted by molar-refractivity contribution is 6.30. The fraction of sp³-hybridized carbons (Fsp3) is 0. The minimum absolute atomic E-state index is 0.0958. The number of carboxylic acids is 1. The first kappa shape index (κ1) is 19.2. The molecule has 0 atom stereocenters. The molecule has 0 unspecified atom stereocenters. The summed E-state index contributed by atoms with van der Waals surface area (Å²) in [6.45, 7) is 0. The van der Waals surface area contributed by atoms with Crippen LogP contribution < -0.4 is 15.6 Å². The van der Waals surface area contributed by atoms with E-state index in [1.165, 1.54) is 30.3 Å². The van der Waals surface area contributed by atoms with Crippen LogP contribution in [-0.2, 0) is 0 Å². The van der Waals surface area contributed by atoms with Crippen LogP contribution in [0, 0.1) is 5.82 Å². The van der Waals surface area contributed by atoms with Gasteiger partial charge in [0.2, 0.25) is 0 Å². The number of aromatic carboxylic acids is 1. The zero-order valence-electron chi connectivity index (χ0n) is 14.3. The highest BCUT2D eigenvalue weighted by Crippen LogP contribution is 2.22. The first-order valence-corrected chi connectivity index (χ1v) is 8.43. The number of amides is 1. The van der Waals surface area contributed by atoms with Crippen LogP contribution in [0.5, 0.6) is 5.75 Å². The molecular weight excluding hydrogens is 387 g/mol. The maximum absolute atomic E-state index is 13.6. The molecule has 0 bridgehead atoms. The highest BCUT2D eigenvalue weighted by Gasteiger charge is 2.14. The van der Waals surface area contributed by atoms with Crippen LogP contribution in [0.1, 0.15) is 20.7 Å². The number of anilines is 2. The van der Waals surface area contributed by atoms with Crippen molar-refractivity contribution >= 4 is 34.9 Å². The Morgan fingerprint density at radius 2 is 1.64 bits per heavy atom. The fourth-order valence-corrected chi connectivity index (χ4v) is 2.44. The summed E-state index contributed by atoms with van der Waals surface area (Å²) in [4.78, 5) is 28.8. The van der Waals surface area contributed by atoms with Gasteiger partial charge in [0.15, 0.2) is 5.75 Å². The number of halogens is 2. The Labute approximate surface area is 164 Å². The molecule has 0 heterocycles. The SMILES string of the molecule is O=C(O)c1ccc(NC(=O)c2ccc(F)cc2NOc2ccc(Cl)cc2)cc1. The molecule has 0 spiro atoms. The summed E-state index contributed by atoms with van der Waals surface area (Å²) < 4.78 is 13.6. The topological polar surface area (TPSA) is 87.7 Å². The molecule has 0 aromatic heterocycles. The third-order valence-corrected chi connectivity index (χ3v) is 3.96. The summed E-state index contributed by atoms with van der Waals surface area (Å²) >= 11 is 5.81. The molecule has 0 aliphatic carbocycles. The van der Waals surface area contributed by atoms with Gasteiger partial charge in [-0.25, -0.2) is 14.7 Å². The predicted octanol–water partition coefficient (Wildman–Crippen LogP) is 4.84. The second-order valence-electron chi connectivity index (χ2n) is 5.68. The second-order valence-corrected chi connectivity index (χ2v) is 6.12. The molecule has 142 valence electrons. The predicted molar refractivity (Wildman–Crippen MR) is 103 cm³/mol. The van der Waals surface area contributed by atoms with E-state index in [1.54, 1.807) is 24.3 Å². The lowest BCUT2D eigenvalue weighted by Crippen LogP contribution is -2.16. The molecule has 0 aliphatic rings. The van der Waals surface area contributed by atoms with Gasteiger partial charge in [0.25, 0.3) is 5.91 Å². The van der Waals surface area contributed by atoms with Crippen LogP contribution in [0.25, 0.3) is 0 Å². The van der Waals surface area contributed by atoms with Crippen molar-refractivity contribution in [3.8, 4) is 5.75 Å². The van der Waals surface area contributed by atoms with Crippen molar-refractivity contribution in [3.05, 3.63) is 88.7 Å². The van der Waals surface area contributed by atoms with Gasteiger partial charge >= 0.3 is 5.97 Å². The quantitative estimate of drug-likeness (QED) is 0.515. The van der Waals surface area contributed by atoms with Crippen molar-refractivity contribution in [2.45, 2.75) is 0 Å². The number of benzene rings is 3. The number of hydrogen-bond donors (Lipinski definition) is 3. The molecular formula is C20H14ClFN2O4. The molecule has 1 amide bonds. The van der Waals surface area contributed by atoms with Crippen molar-refractivity contribution in [1.29, 1.82) is 0 Å². The Bertz CT molecular complexity index is 1010. The molecule has 0 radical (unpaired) electrons. The Hall–Kier alpha value is -3.58. The Morgan fingerprint density at radius 3 is 2.29 bits per heavy atom. The number of hydrogen-bond acceptors (Lipinski definition) is 4. The lowest BCUT2D eigenvalue weighted by Gasteiger charge is -2.13. The highest BCUT2D eigenvalue weighted by atomic mass is 35.5. The zero-order valence-corrected chi connectivity index (χ0v) is 15.0. The van der Waals surface area contributed by atoms with Gasteiger partial charge in [0.05, 0.1) is 16.8 Å². The molecule has 3 aromatic carbocycles. The zero-order chi connectivity index (χ0) is 20.1. The largest absolute Gasteiger partial charge is 0.478 e. The summed E-state index contributed by atoms with van der Waals surface area (Å²) in [5.41, 5.74) is 3.30. The smallest absolute Gasteiger partial charge is 0.335 e. The van der Waals surface area contributed by atoms with E-state index in [9.17, 15) is 14.0 Å². The maximum atomic E-state index is 13.6. The number of carbonyl (C=O) groups excluding carboxylic acids is 1. The number of nitrogens with one attached hydrogen (secondary N) is 2. The van der Waals surface area contributed by atoms with Gasteiger partial charge in [0, 0.05) is 16.8 Å². The van der Waals surface area contributed by atoms with E-state index in [2.05, 4.69) is 10.8 Å². The van der Waals surface area contributed by atoms with E-state index >= 15 is 0 Å². The first-order valence-electron chi connectivity index (χ1n) is 8.05. The van der Waals surface area contributed by atoms with E-state index in [0.717, 1.165) is 12.1 Å². The molecule has 6 nitrogen and oxygen atoms in total. The Morgan fingerprint density at radius 1 is 0.964 bits per heavy atom. The van der Waals surface area contributed by atoms with E-state index in [0.29, 0.717) is 16.5 Å². The van der Waals surface area contributed by atoms with Gasteiger partial charge in [-0.15, -0.1) is 0 Å². The molecule has 3 rings (SSSR count). The van der Waals surface area contributed by atoms with Gasteiger partial charge in [-0.05, 0) is 60.7 Å². The van der Waals surface area contributed by atoms with Crippen LogP contribution in [0.2, 0.25) is 5.02 Å². The third-order valence-electron chi connectivity index (χ3n) is 3.71. The fourth-order valence-electron chi connectivity index (χ4n) is 2.31. The van der Waals surface area contributed by atoms with Crippen LogP contribution in [0.3, 0.4) is 0 Å². The average Bonchev–Trinajstić information content (AvgIpc) is 2.68. The first-order chi connectivity index (χ1) is 13.4. The summed E-state index contributed by atoms with van der Waals surface area (Å²) in [7, 11) is 0. The average molecular weight is 401 g/mol. The van der Waals surface area contributed by atoms with E-state index < -0.39 is 17.7 Å². The molecule has 3 aromatic rings. The van der Waals surface area contributed by atoms with E-state index in [4.69, 9.17) is 21.5 Å². The molecule has 8 heteroatoms. The summed E-state index contributed by atoms with van der Waals surface area (Å²) in [6.07, 6.45) is 0. The van der Waals surface area contributed by atoms with Gasteiger partial charge in [-0.1, -0.05) is 11.6 Å². The maximum Gasteiger partial charge on any atom is 0.335 e. The van der Waals surface area contributed by atoms with E-state index in [1.807, 2.05) is 0 Å². The van der Waals surface area contributed by atoms with Gasteiger partial charge in [0.1, 0.15) is 5.82 Å².